The average Bonchev–Trinajstić information content (AvgIpc) is 2.96. The fourth-order valence-electron chi connectivity index (χ4n) is 3.20. The van der Waals surface area contributed by atoms with Crippen LogP contribution in [0.5, 0.6) is 0 Å². The number of aromatic amines is 1. The van der Waals surface area contributed by atoms with E-state index in [-0.39, 0.29) is 30.4 Å². The molecule has 26 heavy (non-hydrogen) atoms. The van der Waals surface area contributed by atoms with Crippen molar-refractivity contribution in [2.24, 2.45) is 0 Å². The summed E-state index contributed by atoms with van der Waals surface area (Å²) in [5, 5.41) is 4.37. The minimum atomic E-state index is -0.237. The third-order valence-corrected chi connectivity index (χ3v) is 4.42. The minimum Gasteiger partial charge on any atom is -0.369 e. The smallest absolute Gasteiger partial charge is 0.255 e. The molecule has 4 rings (SSSR count). The molecule has 1 aliphatic heterocycles. The molecule has 1 aliphatic rings. The molecule has 3 N–H and O–H groups in total. The summed E-state index contributed by atoms with van der Waals surface area (Å²) in [7, 11) is 0. The summed E-state index contributed by atoms with van der Waals surface area (Å²) >= 11 is 0. The first-order valence-corrected chi connectivity index (χ1v) is 8.26. The van der Waals surface area contributed by atoms with Crippen LogP contribution < -0.4 is 11.3 Å². The van der Waals surface area contributed by atoms with Crippen molar-refractivity contribution < 1.29 is 4.79 Å². The van der Waals surface area contributed by atoms with Gasteiger partial charge < -0.3 is 10.6 Å². The maximum atomic E-state index is 12.6. The first-order valence-electron chi connectivity index (χ1n) is 8.26. The molecule has 0 saturated heterocycles. The third-order valence-electron chi connectivity index (χ3n) is 4.42. The van der Waals surface area contributed by atoms with Crippen LogP contribution >= 0.6 is 0 Å². The van der Waals surface area contributed by atoms with Crippen molar-refractivity contribution in [3.63, 3.8) is 0 Å². The number of carbonyl (C=O) groups excluding carboxylic acids is 1. The van der Waals surface area contributed by atoms with Crippen LogP contribution in [-0.4, -0.2) is 46.9 Å². The molecule has 4 heterocycles. The number of carbonyl (C=O) groups is 1. The average molecular weight is 354 g/mol. The Morgan fingerprint density at radius 1 is 1.31 bits per heavy atom. The monoisotopic (exact) mass is 354 g/mol. The van der Waals surface area contributed by atoms with Crippen LogP contribution in [0.25, 0.3) is 5.78 Å². The van der Waals surface area contributed by atoms with Gasteiger partial charge in [0.15, 0.2) is 5.82 Å². The number of hydrogen-bond acceptors (Lipinski definition) is 7. The molecular weight excluding hydrogens is 336 g/mol. The highest BCUT2D eigenvalue weighted by Gasteiger charge is 2.25. The molecule has 1 amide bonds. The maximum absolute atomic E-state index is 12.6. The van der Waals surface area contributed by atoms with Crippen LogP contribution in [0.3, 0.4) is 0 Å². The number of fused-ring (bicyclic) bond motifs is 2. The molecule has 10 heteroatoms. The van der Waals surface area contributed by atoms with E-state index in [1.54, 1.807) is 9.42 Å². The van der Waals surface area contributed by atoms with Crippen LogP contribution in [0.15, 0.2) is 10.9 Å². The standard InChI is InChI=1S/C16H18N8O2/c1-8-5-9(2)24-16(18-8)20-12(22-24)6-13(25)23-4-3-10-11(7-23)19-15(17)21-14(10)26/h5H,3-4,6-7H2,1-2H3,(H3,17,19,21,26). The molecular formula is C16H18N8O2. The topological polar surface area (TPSA) is 135 Å². The summed E-state index contributed by atoms with van der Waals surface area (Å²) in [5.74, 6) is 0.833. The van der Waals surface area contributed by atoms with E-state index in [4.69, 9.17) is 5.73 Å². The fraction of sp³-hybridized carbons (Fsp3) is 0.375. The molecule has 0 aliphatic carbocycles. The van der Waals surface area contributed by atoms with E-state index >= 15 is 0 Å². The van der Waals surface area contributed by atoms with E-state index in [2.05, 4.69) is 25.0 Å². The van der Waals surface area contributed by atoms with Crippen LogP contribution in [-0.2, 0) is 24.2 Å². The number of nitrogens with one attached hydrogen (secondary N) is 1. The van der Waals surface area contributed by atoms with Gasteiger partial charge in [-0.1, -0.05) is 0 Å². The van der Waals surface area contributed by atoms with Crippen molar-refractivity contribution in [2.75, 3.05) is 12.3 Å². The normalized spacial score (nSPS) is 13.8. The summed E-state index contributed by atoms with van der Waals surface area (Å²) in [6, 6.07) is 1.91. The summed E-state index contributed by atoms with van der Waals surface area (Å²) < 4.78 is 1.63. The minimum absolute atomic E-state index is 0.0574. The van der Waals surface area contributed by atoms with E-state index in [1.165, 1.54) is 0 Å². The van der Waals surface area contributed by atoms with Crippen LogP contribution in [0.1, 0.15) is 28.5 Å². The predicted molar refractivity (Wildman–Crippen MR) is 92.4 cm³/mol. The van der Waals surface area contributed by atoms with Crippen molar-refractivity contribution in [1.29, 1.82) is 0 Å². The molecule has 0 radical (unpaired) electrons. The molecule has 0 bridgehead atoms. The zero-order valence-electron chi connectivity index (χ0n) is 14.5. The Balaban J connectivity index is 1.55. The molecule has 10 nitrogen and oxygen atoms in total. The highest BCUT2D eigenvalue weighted by Crippen LogP contribution is 2.15. The third kappa shape index (κ3) is 2.79. The lowest BCUT2D eigenvalue weighted by atomic mass is 10.1. The summed E-state index contributed by atoms with van der Waals surface area (Å²) in [5.41, 5.74) is 8.25. The summed E-state index contributed by atoms with van der Waals surface area (Å²) in [6.45, 7) is 4.51. The number of nitrogens with two attached hydrogens (primary N) is 1. The summed E-state index contributed by atoms with van der Waals surface area (Å²) in [6.07, 6.45) is 0.512. The molecule has 0 spiro atoms. The highest BCUT2D eigenvalue weighted by molar-refractivity contribution is 5.78. The molecule has 0 atom stereocenters. The van der Waals surface area contributed by atoms with Gasteiger partial charge in [0.2, 0.25) is 11.9 Å². The number of rotatable bonds is 2. The van der Waals surface area contributed by atoms with E-state index < -0.39 is 0 Å². The van der Waals surface area contributed by atoms with Gasteiger partial charge in [0, 0.05) is 23.5 Å². The highest BCUT2D eigenvalue weighted by atomic mass is 16.2. The van der Waals surface area contributed by atoms with Gasteiger partial charge in [-0.15, -0.1) is 5.10 Å². The predicted octanol–water partition coefficient (Wildman–Crippen LogP) is -0.466. The van der Waals surface area contributed by atoms with Crippen molar-refractivity contribution >= 4 is 17.6 Å². The van der Waals surface area contributed by atoms with Crippen LogP contribution in [0, 0.1) is 13.8 Å². The van der Waals surface area contributed by atoms with Gasteiger partial charge in [0.1, 0.15) is 0 Å². The zero-order valence-corrected chi connectivity index (χ0v) is 14.5. The van der Waals surface area contributed by atoms with Gasteiger partial charge in [-0.25, -0.2) is 14.5 Å². The SMILES string of the molecule is Cc1cc(C)n2nc(CC(=O)N3CCc4c(nc(N)[nH]c4=O)C3)nc2n1. The number of aryl methyl sites for hydroxylation is 2. The Kier molecular flexibility index (Phi) is 3.67. The van der Waals surface area contributed by atoms with E-state index in [1.807, 2.05) is 19.9 Å². The molecule has 3 aromatic rings. The number of hydrogen-bond donors (Lipinski definition) is 2. The van der Waals surface area contributed by atoms with Crippen molar-refractivity contribution in [1.82, 2.24) is 34.4 Å². The second-order valence-electron chi connectivity index (χ2n) is 6.40. The van der Waals surface area contributed by atoms with Gasteiger partial charge in [-0.05, 0) is 26.3 Å². The van der Waals surface area contributed by atoms with Gasteiger partial charge in [0.05, 0.1) is 18.7 Å². The number of nitrogens with zero attached hydrogens (tertiary/aromatic N) is 6. The molecule has 134 valence electrons. The lowest BCUT2D eigenvalue weighted by Crippen LogP contribution is -2.40. The Morgan fingerprint density at radius 2 is 2.12 bits per heavy atom. The van der Waals surface area contributed by atoms with Crippen molar-refractivity contribution in [2.45, 2.75) is 33.2 Å². The van der Waals surface area contributed by atoms with Crippen molar-refractivity contribution in [3.05, 3.63) is 44.9 Å². The lowest BCUT2D eigenvalue weighted by molar-refractivity contribution is -0.131. The number of aromatic nitrogens is 6. The lowest BCUT2D eigenvalue weighted by Gasteiger charge is -2.27. The van der Waals surface area contributed by atoms with Gasteiger partial charge in [-0.3, -0.25) is 14.6 Å². The van der Waals surface area contributed by atoms with Gasteiger partial charge in [-0.2, -0.15) is 4.98 Å². The molecule has 0 aromatic carbocycles. The number of amides is 1. The fourth-order valence-corrected chi connectivity index (χ4v) is 3.20. The molecule has 0 fully saturated rings. The molecule has 0 unspecified atom stereocenters. The maximum Gasteiger partial charge on any atom is 0.255 e. The number of nitrogen functional groups attached to an aromatic ring is 1. The second kappa shape index (κ2) is 5.90. The van der Waals surface area contributed by atoms with Crippen LogP contribution in [0.4, 0.5) is 5.95 Å². The van der Waals surface area contributed by atoms with Gasteiger partial charge in [0.25, 0.3) is 11.3 Å². The molecule has 3 aromatic heterocycles. The van der Waals surface area contributed by atoms with Crippen LogP contribution in [0.2, 0.25) is 0 Å². The second-order valence-corrected chi connectivity index (χ2v) is 6.40. The van der Waals surface area contributed by atoms with E-state index in [9.17, 15) is 9.59 Å². The summed E-state index contributed by atoms with van der Waals surface area (Å²) in [4.78, 5) is 41.5. The number of H-pyrrole nitrogens is 1. The zero-order chi connectivity index (χ0) is 18.4. The first-order chi connectivity index (χ1) is 12.4. The van der Waals surface area contributed by atoms with Gasteiger partial charge >= 0.3 is 0 Å². The Hall–Kier alpha value is -3.30. The Labute approximate surface area is 148 Å². The van der Waals surface area contributed by atoms with E-state index in [0.29, 0.717) is 35.8 Å². The molecule has 0 saturated carbocycles. The Bertz CT molecular complexity index is 1080. The van der Waals surface area contributed by atoms with Crippen molar-refractivity contribution in [3.8, 4) is 0 Å². The first kappa shape index (κ1) is 16.2. The largest absolute Gasteiger partial charge is 0.369 e. The number of anilines is 1. The quantitative estimate of drug-likeness (QED) is 0.635. The Morgan fingerprint density at radius 3 is 2.92 bits per heavy atom. The van der Waals surface area contributed by atoms with E-state index in [0.717, 1.165) is 11.4 Å².